The maximum Gasteiger partial charge on any atom is 0.229 e. The summed E-state index contributed by atoms with van der Waals surface area (Å²) < 4.78 is 19.8. The zero-order chi connectivity index (χ0) is 21.7. The van der Waals surface area contributed by atoms with Gasteiger partial charge < -0.3 is 21.1 Å². The Bertz CT molecular complexity index is 937. The van der Waals surface area contributed by atoms with Crippen molar-refractivity contribution in [3.8, 4) is 5.75 Å². The molecule has 1 aromatic heterocycles. The summed E-state index contributed by atoms with van der Waals surface area (Å²) in [7, 11) is 0. The van der Waals surface area contributed by atoms with Crippen LogP contribution in [0.1, 0.15) is 38.2 Å². The monoisotopic (exact) mass is 415 g/mol. The molecular formula is C21H26FN5O3. The van der Waals surface area contributed by atoms with E-state index in [0.29, 0.717) is 24.3 Å². The number of carbonyl (C=O) groups is 2. The molecule has 4 N–H and O–H groups in total. The van der Waals surface area contributed by atoms with Crippen LogP contribution >= 0.6 is 0 Å². The van der Waals surface area contributed by atoms with E-state index in [4.69, 9.17) is 10.5 Å². The number of hydrogen-bond donors (Lipinski definition) is 3. The van der Waals surface area contributed by atoms with E-state index in [2.05, 4.69) is 20.6 Å². The number of aryl methyl sites for hydroxylation is 1. The number of aromatic nitrogens is 2. The molecule has 0 aliphatic heterocycles. The number of carbonyl (C=O) groups excluding carboxylic acids is 2. The van der Waals surface area contributed by atoms with Gasteiger partial charge in [-0.1, -0.05) is 19.4 Å². The van der Waals surface area contributed by atoms with Gasteiger partial charge in [0.2, 0.25) is 11.9 Å². The van der Waals surface area contributed by atoms with Crippen LogP contribution in [0.15, 0.2) is 24.4 Å². The number of primary amides is 1. The Balaban J connectivity index is 1.73. The Morgan fingerprint density at radius 1 is 1.33 bits per heavy atom. The minimum Gasteiger partial charge on any atom is -0.485 e. The second kappa shape index (κ2) is 9.51. The number of rotatable bonds is 9. The zero-order valence-corrected chi connectivity index (χ0v) is 17.1. The average Bonchev–Trinajstić information content (AvgIpc) is 3.19. The third-order valence-corrected chi connectivity index (χ3v) is 5.17. The standard InChI is InChI=1S/C21H26FN5O3/c1-3-14(28)11-30-18-9-13(8-7-12(18)2)25-21-24-10-16(22)20(27-21)26-17-6-4-5-15(17)19(23)29/h7-10,15,17H,3-6,11H2,1-2H3,(H2,23,29)(H2,24,25,26,27). The fourth-order valence-electron chi connectivity index (χ4n) is 3.40. The first-order valence-corrected chi connectivity index (χ1v) is 9.98. The zero-order valence-electron chi connectivity index (χ0n) is 17.1. The predicted molar refractivity (Wildman–Crippen MR) is 111 cm³/mol. The van der Waals surface area contributed by atoms with Crippen LogP contribution in [0.25, 0.3) is 0 Å². The second-order valence-electron chi connectivity index (χ2n) is 7.37. The van der Waals surface area contributed by atoms with E-state index in [1.165, 1.54) is 0 Å². The van der Waals surface area contributed by atoms with Gasteiger partial charge in [-0.2, -0.15) is 4.98 Å². The molecule has 1 saturated carbocycles. The first-order chi connectivity index (χ1) is 14.4. The number of anilines is 3. The minimum atomic E-state index is -0.610. The predicted octanol–water partition coefficient (Wildman–Crippen LogP) is 3.09. The maximum atomic E-state index is 14.2. The number of benzene rings is 1. The highest BCUT2D eigenvalue weighted by Gasteiger charge is 2.32. The summed E-state index contributed by atoms with van der Waals surface area (Å²) in [6.07, 6.45) is 3.72. The molecule has 2 atom stereocenters. The minimum absolute atomic E-state index is 0.00429. The third kappa shape index (κ3) is 5.22. The molecule has 1 heterocycles. The molecular weight excluding hydrogens is 389 g/mol. The summed E-state index contributed by atoms with van der Waals surface area (Å²) in [5.74, 6) is -0.578. The number of halogens is 1. The molecule has 3 rings (SSSR count). The summed E-state index contributed by atoms with van der Waals surface area (Å²) in [5.41, 5.74) is 6.95. The third-order valence-electron chi connectivity index (χ3n) is 5.17. The van der Waals surface area contributed by atoms with Gasteiger partial charge in [-0.25, -0.2) is 9.37 Å². The summed E-state index contributed by atoms with van der Waals surface area (Å²) >= 11 is 0. The van der Waals surface area contributed by atoms with Gasteiger partial charge in [0.15, 0.2) is 17.4 Å². The smallest absolute Gasteiger partial charge is 0.229 e. The van der Waals surface area contributed by atoms with Crippen molar-refractivity contribution in [3.63, 3.8) is 0 Å². The summed E-state index contributed by atoms with van der Waals surface area (Å²) in [5, 5.41) is 6.01. The Labute approximate surface area is 174 Å². The highest BCUT2D eigenvalue weighted by Crippen LogP contribution is 2.29. The first-order valence-electron chi connectivity index (χ1n) is 9.98. The Hall–Kier alpha value is -3.23. The van der Waals surface area contributed by atoms with Crippen LogP contribution in [0.4, 0.5) is 21.8 Å². The van der Waals surface area contributed by atoms with Gasteiger partial charge in [0.1, 0.15) is 12.4 Å². The van der Waals surface area contributed by atoms with Crippen LogP contribution in [0, 0.1) is 18.7 Å². The van der Waals surface area contributed by atoms with E-state index in [0.717, 1.165) is 24.6 Å². The number of amides is 1. The van der Waals surface area contributed by atoms with Crippen molar-refractivity contribution in [2.75, 3.05) is 17.2 Å². The van der Waals surface area contributed by atoms with Crippen molar-refractivity contribution in [2.45, 2.75) is 45.6 Å². The molecule has 0 radical (unpaired) electrons. The van der Waals surface area contributed by atoms with Gasteiger partial charge in [-0.15, -0.1) is 0 Å². The van der Waals surface area contributed by atoms with Gasteiger partial charge in [-0.3, -0.25) is 9.59 Å². The molecule has 9 heteroatoms. The number of Topliss-reactive ketones (excluding diaryl/α,β-unsaturated/α-hetero) is 1. The van der Waals surface area contributed by atoms with E-state index in [1.807, 2.05) is 19.1 Å². The largest absolute Gasteiger partial charge is 0.485 e. The van der Waals surface area contributed by atoms with Gasteiger partial charge in [0.25, 0.3) is 0 Å². The molecule has 2 aromatic rings. The maximum absolute atomic E-state index is 14.2. The number of ether oxygens (including phenoxy) is 1. The molecule has 2 unspecified atom stereocenters. The van der Waals surface area contributed by atoms with Crippen molar-refractivity contribution >= 4 is 29.1 Å². The van der Waals surface area contributed by atoms with Crippen molar-refractivity contribution in [1.29, 1.82) is 0 Å². The Morgan fingerprint density at radius 3 is 2.87 bits per heavy atom. The molecule has 1 aliphatic rings. The molecule has 1 aromatic carbocycles. The SMILES string of the molecule is CCC(=O)COc1cc(Nc2ncc(F)c(NC3CCCC3C(N)=O)n2)ccc1C. The lowest BCUT2D eigenvalue weighted by molar-refractivity contribution is -0.122. The summed E-state index contributed by atoms with van der Waals surface area (Å²) in [6.45, 7) is 3.66. The van der Waals surface area contributed by atoms with Crippen LogP contribution in [0.5, 0.6) is 5.75 Å². The number of ketones is 1. The molecule has 0 saturated heterocycles. The summed E-state index contributed by atoms with van der Waals surface area (Å²) in [4.78, 5) is 31.3. The quantitative estimate of drug-likeness (QED) is 0.576. The summed E-state index contributed by atoms with van der Waals surface area (Å²) in [6, 6.07) is 5.13. The van der Waals surface area contributed by atoms with Crippen LogP contribution in [0.2, 0.25) is 0 Å². The van der Waals surface area contributed by atoms with Crippen molar-refractivity contribution < 1.29 is 18.7 Å². The van der Waals surface area contributed by atoms with Gasteiger partial charge in [0, 0.05) is 24.2 Å². The molecule has 1 fully saturated rings. The number of nitrogens with zero attached hydrogens (tertiary/aromatic N) is 2. The lowest BCUT2D eigenvalue weighted by atomic mass is 10.0. The van der Waals surface area contributed by atoms with Gasteiger partial charge in [0.05, 0.1) is 12.1 Å². The fourth-order valence-corrected chi connectivity index (χ4v) is 3.40. The molecule has 160 valence electrons. The lowest BCUT2D eigenvalue weighted by Crippen LogP contribution is -2.34. The molecule has 0 bridgehead atoms. The van der Waals surface area contributed by atoms with Crippen LogP contribution < -0.4 is 21.1 Å². The highest BCUT2D eigenvalue weighted by atomic mass is 19.1. The van der Waals surface area contributed by atoms with E-state index < -0.39 is 11.7 Å². The topological polar surface area (TPSA) is 119 Å². The Kier molecular flexibility index (Phi) is 6.81. The van der Waals surface area contributed by atoms with Gasteiger partial charge >= 0.3 is 0 Å². The van der Waals surface area contributed by atoms with Crippen LogP contribution in [0.3, 0.4) is 0 Å². The number of nitrogens with one attached hydrogen (secondary N) is 2. The van der Waals surface area contributed by atoms with Crippen molar-refractivity contribution in [2.24, 2.45) is 11.7 Å². The van der Waals surface area contributed by atoms with Crippen molar-refractivity contribution in [3.05, 3.63) is 35.8 Å². The highest BCUT2D eigenvalue weighted by molar-refractivity contribution is 5.79. The first kappa shape index (κ1) is 21.5. The molecule has 1 amide bonds. The average molecular weight is 415 g/mol. The normalized spacial score (nSPS) is 18.1. The van der Waals surface area contributed by atoms with Crippen molar-refractivity contribution in [1.82, 2.24) is 9.97 Å². The number of hydrogen-bond acceptors (Lipinski definition) is 7. The van der Waals surface area contributed by atoms with Crippen LogP contribution in [-0.2, 0) is 9.59 Å². The second-order valence-corrected chi connectivity index (χ2v) is 7.37. The fraction of sp³-hybridized carbons (Fsp3) is 0.429. The van der Waals surface area contributed by atoms with Crippen LogP contribution in [-0.4, -0.2) is 34.3 Å². The van der Waals surface area contributed by atoms with E-state index in [1.54, 1.807) is 13.0 Å². The lowest BCUT2D eigenvalue weighted by Gasteiger charge is -2.19. The van der Waals surface area contributed by atoms with E-state index >= 15 is 0 Å². The number of nitrogens with two attached hydrogens (primary N) is 1. The van der Waals surface area contributed by atoms with Gasteiger partial charge in [-0.05, 0) is 31.4 Å². The molecule has 30 heavy (non-hydrogen) atoms. The molecule has 0 spiro atoms. The van der Waals surface area contributed by atoms with E-state index in [-0.39, 0.29) is 36.1 Å². The van der Waals surface area contributed by atoms with E-state index in [9.17, 15) is 14.0 Å². The molecule has 1 aliphatic carbocycles. The Morgan fingerprint density at radius 2 is 2.13 bits per heavy atom. The molecule has 8 nitrogen and oxygen atoms in total.